The summed E-state index contributed by atoms with van der Waals surface area (Å²) in [6.45, 7) is 5.33. The van der Waals surface area contributed by atoms with E-state index in [-0.39, 0.29) is 23.7 Å². The van der Waals surface area contributed by atoms with Gasteiger partial charge in [0.1, 0.15) is 24.2 Å². The van der Waals surface area contributed by atoms with Crippen molar-refractivity contribution in [3.05, 3.63) is 47.8 Å². The molecule has 6 nitrogen and oxygen atoms in total. The molecule has 0 unspecified atom stereocenters. The van der Waals surface area contributed by atoms with E-state index in [2.05, 4.69) is 24.1 Å². The zero-order valence-corrected chi connectivity index (χ0v) is 16.7. The molecule has 3 aromatic rings. The zero-order chi connectivity index (χ0) is 20.3. The molecule has 0 radical (unpaired) electrons. The molecule has 9 heteroatoms. The molecule has 0 bridgehead atoms. The number of ether oxygens (including phenoxy) is 2. The standard InChI is InChI=1S/C19H20F2N4O2Si/c1-28(2)6-5-26-11-25-10-12(9-22)17-16(3-4-24-19(17)25)27-18-14(20)7-13(23)8-15(18)21/h3-4,7-8,10,28H,5-6,11,23H2,1-2H3. The first-order chi connectivity index (χ1) is 13.4. The van der Waals surface area contributed by atoms with Gasteiger partial charge in [-0.1, -0.05) is 13.1 Å². The summed E-state index contributed by atoms with van der Waals surface area (Å²) in [7, 11) is -0.710. The van der Waals surface area contributed by atoms with E-state index in [1.54, 1.807) is 10.8 Å². The molecule has 146 valence electrons. The van der Waals surface area contributed by atoms with Gasteiger partial charge in [-0.2, -0.15) is 5.26 Å². The highest BCUT2D eigenvalue weighted by Gasteiger charge is 2.19. The minimum absolute atomic E-state index is 0.0484. The minimum Gasteiger partial charge on any atom is -0.450 e. The summed E-state index contributed by atoms with van der Waals surface area (Å²) in [5, 5.41) is 9.85. The molecule has 0 aliphatic carbocycles. The van der Waals surface area contributed by atoms with E-state index in [4.69, 9.17) is 15.2 Å². The number of halogens is 2. The molecular weight excluding hydrogens is 382 g/mol. The number of hydrogen-bond acceptors (Lipinski definition) is 5. The molecule has 28 heavy (non-hydrogen) atoms. The number of aromatic nitrogens is 2. The predicted octanol–water partition coefficient (Wildman–Crippen LogP) is 4.02. The minimum atomic E-state index is -0.929. The van der Waals surface area contributed by atoms with Gasteiger partial charge >= 0.3 is 0 Å². The second kappa shape index (κ2) is 8.37. The quantitative estimate of drug-likeness (QED) is 0.366. The van der Waals surface area contributed by atoms with E-state index in [9.17, 15) is 14.0 Å². The lowest BCUT2D eigenvalue weighted by atomic mass is 10.2. The molecule has 2 heterocycles. The van der Waals surface area contributed by atoms with Crippen molar-refractivity contribution in [1.29, 1.82) is 5.26 Å². The Morgan fingerprint density at radius 2 is 2.00 bits per heavy atom. The predicted molar refractivity (Wildman–Crippen MR) is 105 cm³/mol. The summed E-state index contributed by atoms with van der Waals surface area (Å²) in [5.41, 5.74) is 6.10. The Balaban J connectivity index is 1.95. The maximum atomic E-state index is 14.1. The van der Waals surface area contributed by atoms with E-state index in [0.29, 0.717) is 17.6 Å². The Labute approximate surface area is 162 Å². The Bertz CT molecular complexity index is 1020. The fourth-order valence-electron chi connectivity index (χ4n) is 2.72. The van der Waals surface area contributed by atoms with Crippen molar-refractivity contribution < 1.29 is 18.3 Å². The topological polar surface area (TPSA) is 86.1 Å². The van der Waals surface area contributed by atoms with Crippen LogP contribution < -0.4 is 10.5 Å². The first-order valence-electron chi connectivity index (χ1n) is 8.78. The molecule has 0 fully saturated rings. The average Bonchev–Trinajstić information content (AvgIpc) is 3.00. The lowest BCUT2D eigenvalue weighted by molar-refractivity contribution is 0.0902. The van der Waals surface area contributed by atoms with Crippen molar-refractivity contribution in [3.63, 3.8) is 0 Å². The summed E-state index contributed by atoms with van der Waals surface area (Å²) >= 11 is 0. The Morgan fingerprint density at radius 3 is 2.64 bits per heavy atom. The molecular formula is C19H20F2N4O2Si. The Hall–Kier alpha value is -2.96. The second-order valence-electron chi connectivity index (χ2n) is 6.77. The smallest absolute Gasteiger partial charge is 0.198 e. The molecule has 0 spiro atoms. The molecule has 0 atom stereocenters. The van der Waals surface area contributed by atoms with Crippen LogP contribution in [0.1, 0.15) is 5.56 Å². The maximum Gasteiger partial charge on any atom is 0.198 e. The number of pyridine rings is 1. The number of anilines is 1. The van der Waals surface area contributed by atoms with Crippen molar-refractivity contribution in [2.45, 2.75) is 25.9 Å². The van der Waals surface area contributed by atoms with Crippen LogP contribution in [-0.4, -0.2) is 25.0 Å². The Kier molecular flexibility index (Phi) is 5.92. The largest absolute Gasteiger partial charge is 0.450 e. The van der Waals surface area contributed by atoms with E-state index in [1.807, 2.05) is 0 Å². The van der Waals surface area contributed by atoms with Crippen molar-refractivity contribution >= 4 is 25.5 Å². The van der Waals surface area contributed by atoms with Crippen molar-refractivity contribution in [2.24, 2.45) is 0 Å². The van der Waals surface area contributed by atoms with E-state index in [0.717, 1.165) is 18.2 Å². The number of nitriles is 1. The van der Waals surface area contributed by atoms with Gasteiger partial charge in [0.05, 0.1) is 10.9 Å². The number of rotatable bonds is 7. The molecule has 0 saturated heterocycles. The molecule has 0 aliphatic rings. The van der Waals surface area contributed by atoms with Gasteiger partial charge in [-0.05, 0) is 12.1 Å². The molecule has 0 amide bonds. The van der Waals surface area contributed by atoms with Crippen molar-refractivity contribution in [3.8, 4) is 17.6 Å². The summed E-state index contributed by atoms with van der Waals surface area (Å²) in [6.07, 6.45) is 3.04. The normalized spacial score (nSPS) is 11.1. The number of nitrogens with two attached hydrogens (primary N) is 1. The first kappa shape index (κ1) is 19.8. The van der Waals surface area contributed by atoms with Gasteiger partial charge in [0.25, 0.3) is 0 Å². The monoisotopic (exact) mass is 402 g/mol. The number of fused-ring (bicyclic) bond motifs is 1. The summed E-state index contributed by atoms with van der Waals surface area (Å²) in [5.74, 6) is -2.32. The van der Waals surface area contributed by atoms with Crippen LogP contribution in [0.25, 0.3) is 11.0 Å². The van der Waals surface area contributed by atoms with Crippen molar-refractivity contribution in [2.75, 3.05) is 12.3 Å². The third-order valence-electron chi connectivity index (χ3n) is 4.14. The summed E-state index contributed by atoms with van der Waals surface area (Å²) in [4.78, 5) is 4.28. The summed E-state index contributed by atoms with van der Waals surface area (Å²) < 4.78 is 41.0. The van der Waals surface area contributed by atoms with Crippen LogP contribution >= 0.6 is 0 Å². The lowest BCUT2D eigenvalue weighted by Gasteiger charge is -2.11. The van der Waals surface area contributed by atoms with E-state index in [1.165, 1.54) is 12.3 Å². The van der Waals surface area contributed by atoms with Crippen LogP contribution in [0.5, 0.6) is 11.5 Å². The lowest BCUT2D eigenvalue weighted by Crippen LogP contribution is -2.08. The van der Waals surface area contributed by atoms with Gasteiger partial charge < -0.3 is 19.8 Å². The number of nitrogens with zero attached hydrogens (tertiary/aromatic N) is 3. The van der Waals surface area contributed by atoms with Crippen molar-refractivity contribution in [1.82, 2.24) is 9.55 Å². The highest BCUT2D eigenvalue weighted by molar-refractivity contribution is 6.55. The molecule has 1 aromatic carbocycles. The molecule has 2 N–H and O–H groups in total. The number of hydrogen-bond donors (Lipinski definition) is 1. The van der Waals surface area contributed by atoms with E-state index >= 15 is 0 Å². The molecule has 2 aromatic heterocycles. The number of benzene rings is 1. The summed E-state index contributed by atoms with van der Waals surface area (Å²) in [6, 6.07) is 6.50. The van der Waals surface area contributed by atoms with Crippen LogP contribution in [0, 0.1) is 23.0 Å². The third-order valence-corrected chi connectivity index (χ3v) is 5.53. The fourth-order valence-corrected chi connectivity index (χ4v) is 3.36. The number of nitrogen functional groups attached to an aromatic ring is 1. The van der Waals surface area contributed by atoms with Crippen LogP contribution in [0.15, 0.2) is 30.6 Å². The third kappa shape index (κ3) is 4.13. The highest BCUT2D eigenvalue weighted by atomic mass is 28.3. The van der Waals surface area contributed by atoms with Crippen LogP contribution in [0.3, 0.4) is 0 Å². The van der Waals surface area contributed by atoms with Crippen LogP contribution in [0.4, 0.5) is 14.5 Å². The average molecular weight is 402 g/mol. The first-order valence-corrected chi connectivity index (χ1v) is 11.9. The highest BCUT2D eigenvalue weighted by Crippen LogP contribution is 2.35. The van der Waals surface area contributed by atoms with Gasteiger partial charge in [0.15, 0.2) is 17.4 Å². The maximum absolute atomic E-state index is 14.1. The molecule has 0 saturated carbocycles. The van der Waals surface area contributed by atoms with Crippen LogP contribution in [-0.2, 0) is 11.5 Å². The van der Waals surface area contributed by atoms with Gasteiger partial charge in [-0.25, -0.2) is 13.8 Å². The zero-order valence-electron chi connectivity index (χ0n) is 15.6. The van der Waals surface area contributed by atoms with Crippen LogP contribution in [0.2, 0.25) is 19.1 Å². The molecule has 0 aliphatic heterocycles. The van der Waals surface area contributed by atoms with E-state index < -0.39 is 26.2 Å². The Morgan fingerprint density at radius 1 is 1.29 bits per heavy atom. The van der Waals surface area contributed by atoms with Gasteiger partial charge in [0, 0.05) is 45.6 Å². The molecule has 3 rings (SSSR count). The van der Waals surface area contributed by atoms with Gasteiger partial charge in [-0.3, -0.25) is 0 Å². The van der Waals surface area contributed by atoms with Gasteiger partial charge in [0.2, 0.25) is 0 Å². The van der Waals surface area contributed by atoms with Gasteiger partial charge in [-0.15, -0.1) is 0 Å². The fraction of sp³-hybridized carbons (Fsp3) is 0.263. The second-order valence-corrected chi connectivity index (χ2v) is 10.1. The SMILES string of the molecule is C[SiH](C)CCOCn1cc(C#N)c2c(Oc3c(F)cc(N)cc3F)ccnc21.